The largest absolute Gasteiger partial charge is 0.478 e. The third kappa shape index (κ3) is 3.94. The van der Waals surface area contributed by atoms with Crippen LogP contribution in [0.5, 0.6) is 0 Å². The predicted molar refractivity (Wildman–Crippen MR) is 46.2 cm³/mol. The summed E-state index contributed by atoms with van der Waals surface area (Å²) in [6.45, 7) is 3.16. The number of hydrogen-bond donors (Lipinski definition) is 3. The summed E-state index contributed by atoms with van der Waals surface area (Å²) in [6.07, 6.45) is -0.275. The molecule has 0 saturated carbocycles. The van der Waals surface area contributed by atoms with Gasteiger partial charge in [0, 0.05) is 5.57 Å². The van der Waals surface area contributed by atoms with Crippen LogP contribution in [0.4, 0.5) is 0 Å². The SMILES string of the molecule is C=C(CC(=O)N(S)S)C(=O)O. The highest BCUT2D eigenvalue weighted by Gasteiger charge is 2.12. The van der Waals surface area contributed by atoms with Crippen molar-refractivity contribution in [1.82, 2.24) is 3.71 Å². The molecule has 0 rings (SSSR count). The first-order valence-electron chi connectivity index (χ1n) is 2.57. The number of carbonyl (C=O) groups excluding carboxylic acids is 1. The van der Waals surface area contributed by atoms with E-state index in [1.54, 1.807) is 0 Å². The van der Waals surface area contributed by atoms with Gasteiger partial charge in [-0.1, -0.05) is 32.2 Å². The van der Waals surface area contributed by atoms with Crippen LogP contribution >= 0.6 is 25.6 Å². The van der Waals surface area contributed by atoms with Crippen LogP contribution in [-0.2, 0) is 9.59 Å². The molecule has 0 aliphatic heterocycles. The van der Waals surface area contributed by atoms with Crippen LogP contribution in [-0.4, -0.2) is 20.7 Å². The second kappa shape index (κ2) is 4.30. The molecule has 0 unspecified atom stereocenters. The van der Waals surface area contributed by atoms with Gasteiger partial charge in [0.05, 0.1) is 6.42 Å². The lowest BCUT2D eigenvalue weighted by molar-refractivity contribution is -0.134. The van der Waals surface area contributed by atoms with Gasteiger partial charge in [0.15, 0.2) is 0 Å². The highest BCUT2D eigenvalue weighted by atomic mass is 32.2. The molecular weight excluding hydrogens is 186 g/mol. The quantitative estimate of drug-likeness (QED) is 0.453. The smallest absolute Gasteiger partial charge is 0.331 e. The molecule has 0 radical (unpaired) electrons. The highest BCUT2D eigenvalue weighted by molar-refractivity contribution is 7.94. The van der Waals surface area contributed by atoms with Crippen LogP contribution in [0.15, 0.2) is 12.2 Å². The third-order valence-electron chi connectivity index (χ3n) is 0.890. The fourth-order valence-electron chi connectivity index (χ4n) is 0.329. The summed E-state index contributed by atoms with van der Waals surface area (Å²) in [6, 6.07) is 0. The molecule has 0 aromatic heterocycles. The maximum Gasteiger partial charge on any atom is 0.331 e. The number of thiol groups is 2. The van der Waals surface area contributed by atoms with E-state index >= 15 is 0 Å². The lowest BCUT2D eigenvalue weighted by Gasteiger charge is -2.05. The van der Waals surface area contributed by atoms with Crippen LogP contribution in [0.3, 0.4) is 0 Å². The molecule has 0 aliphatic carbocycles. The molecule has 0 aromatic carbocycles. The van der Waals surface area contributed by atoms with Gasteiger partial charge in [-0.2, -0.15) is 0 Å². The van der Waals surface area contributed by atoms with E-state index in [9.17, 15) is 9.59 Å². The molecule has 0 fully saturated rings. The maximum atomic E-state index is 10.7. The van der Waals surface area contributed by atoms with E-state index in [-0.39, 0.29) is 12.0 Å². The number of carbonyl (C=O) groups is 2. The van der Waals surface area contributed by atoms with Crippen LogP contribution in [0, 0.1) is 0 Å². The molecule has 0 spiro atoms. The minimum Gasteiger partial charge on any atom is -0.478 e. The summed E-state index contributed by atoms with van der Waals surface area (Å²) in [7, 11) is 0. The van der Waals surface area contributed by atoms with E-state index in [1.807, 2.05) is 0 Å². The summed E-state index contributed by atoms with van der Waals surface area (Å²) in [5.74, 6) is -1.72. The van der Waals surface area contributed by atoms with Gasteiger partial charge >= 0.3 is 5.97 Å². The Hall–Kier alpha value is -0.620. The fraction of sp³-hybridized carbons (Fsp3) is 0.200. The molecule has 4 nitrogen and oxygen atoms in total. The lowest BCUT2D eigenvalue weighted by atomic mass is 10.2. The normalized spacial score (nSPS) is 8.91. The van der Waals surface area contributed by atoms with Crippen LogP contribution < -0.4 is 0 Å². The Labute approximate surface area is 75.0 Å². The summed E-state index contributed by atoms with van der Waals surface area (Å²) in [4.78, 5) is 20.8. The zero-order valence-electron chi connectivity index (χ0n) is 5.52. The number of nitrogens with zero attached hydrogens (tertiary/aromatic N) is 1. The van der Waals surface area contributed by atoms with Crippen molar-refractivity contribution in [1.29, 1.82) is 0 Å². The van der Waals surface area contributed by atoms with E-state index in [4.69, 9.17) is 5.11 Å². The van der Waals surface area contributed by atoms with Crippen molar-refractivity contribution >= 4 is 37.5 Å². The van der Waals surface area contributed by atoms with Gasteiger partial charge < -0.3 is 5.11 Å². The Morgan fingerprint density at radius 3 is 2.18 bits per heavy atom. The number of aliphatic carboxylic acids is 1. The monoisotopic (exact) mass is 193 g/mol. The molecule has 0 bridgehead atoms. The second-order valence-corrected chi connectivity index (χ2v) is 2.88. The van der Waals surface area contributed by atoms with Crippen molar-refractivity contribution < 1.29 is 14.7 Å². The molecule has 62 valence electrons. The van der Waals surface area contributed by atoms with Gasteiger partial charge in [-0.3, -0.25) is 4.79 Å². The lowest BCUT2D eigenvalue weighted by Crippen LogP contribution is -2.14. The molecule has 6 heteroatoms. The van der Waals surface area contributed by atoms with Gasteiger partial charge in [-0.25, -0.2) is 8.51 Å². The highest BCUT2D eigenvalue weighted by Crippen LogP contribution is 2.06. The van der Waals surface area contributed by atoms with Crippen LogP contribution in [0.2, 0.25) is 0 Å². The summed E-state index contributed by atoms with van der Waals surface area (Å²) in [5.41, 5.74) is -0.178. The molecule has 1 N–H and O–H groups in total. The number of hydrogen-bond acceptors (Lipinski definition) is 4. The average molecular weight is 193 g/mol. The minimum absolute atomic E-state index is 0.178. The van der Waals surface area contributed by atoms with Gasteiger partial charge in [-0.05, 0) is 0 Å². The van der Waals surface area contributed by atoms with Crippen molar-refractivity contribution in [2.75, 3.05) is 0 Å². The van der Waals surface area contributed by atoms with Gasteiger partial charge in [0.2, 0.25) is 5.91 Å². The first-order chi connectivity index (χ1) is 4.95. The average Bonchev–Trinajstić information content (AvgIpc) is 1.87. The zero-order valence-corrected chi connectivity index (χ0v) is 7.31. The predicted octanol–water partition coefficient (Wildman–Crippen LogP) is 0.536. The third-order valence-corrected chi connectivity index (χ3v) is 1.34. The first kappa shape index (κ1) is 10.4. The topological polar surface area (TPSA) is 57.6 Å². The van der Waals surface area contributed by atoms with Crippen molar-refractivity contribution in [2.24, 2.45) is 0 Å². The molecular formula is C5H7NO3S2. The first-order valence-corrected chi connectivity index (χ1v) is 3.37. The molecule has 0 atom stereocenters. The molecule has 1 amide bonds. The Balaban J connectivity index is 3.96. The van der Waals surface area contributed by atoms with Gasteiger partial charge in [0.1, 0.15) is 0 Å². The minimum atomic E-state index is -1.19. The van der Waals surface area contributed by atoms with Crippen molar-refractivity contribution in [3.8, 4) is 0 Å². The van der Waals surface area contributed by atoms with E-state index in [2.05, 4.69) is 32.2 Å². The van der Waals surface area contributed by atoms with Crippen LogP contribution in [0.25, 0.3) is 0 Å². The molecule has 0 saturated heterocycles. The van der Waals surface area contributed by atoms with Crippen molar-refractivity contribution in [3.63, 3.8) is 0 Å². The van der Waals surface area contributed by atoms with Gasteiger partial charge in [0.25, 0.3) is 0 Å². The molecule has 0 aromatic rings. The standard InChI is InChI=1S/C5H7NO3S2/c1-3(5(8)9)2-4(7)6(10)11/h10-11H,1-2H2,(H,8,9). The van der Waals surface area contributed by atoms with Crippen molar-refractivity contribution in [2.45, 2.75) is 6.42 Å². The Bertz CT molecular complexity index is 202. The fourth-order valence-corrected chi connectivity index (χ4v) is 0.470. The summed E-state index contributed by atoms with van der Waals surface area (Å²) < 4.78 is 0.716. The summed E-state index contributed by atoms with van der Waals surface area (Å²) >= 11 is 7.10. The van der Waals surface area contributed by atoms with Crippen LogP contribution in [0.1, 0.15) is 6.42 Å². The van der Waals surface area contributed by atoms with E-state index in [0.717, 1.165) is 0 Å². The Morgan fingerprint density at radius 1 is 1.45 bits per heavy atom. The molecule has 0 heterocycles. The number of amides is 1. The van der Waals surface area contributed by atoms with Gasteiger partial charge in [-0.15, -0.1) is 0 Å². The van der Waals surface area contributed by atoms with E-state index in [1.165, 1.54) is 0 Å². The van der Waals surface area contributed by atoms with E-state index < -0.39 is 11.9 Å². The Kier molecular flexibility index (Phi) is 4.06. The molecule has 0 aliphatic rings. The number of carboxylic acid groups (broad SMARTS) is 1. The maximum absolute atomic E-state index is 10.7. The molecule has 11 heavy (non-hydrogen) atoms. The van der Waals surface area contributed by atoms with Crippen molar-refractivity contribution in [3.05, 3.63) is 12.2 Å². The number of carboxylic acids is 1. The summed E-state index contributed by atoms with van der Waals surface area (Å²) in [5, 5.41) is 8.29. The second-order valence-electron chi connectivity index (χ2n) is 1.77. The van der Waals surface area contributed by atoms with E-state index in [0.29, 0.717) is 3.71 Å². The Morgan fingerprint density at radius 2 is 1.91 bits per heavy atom. The number of rotatable bonds is 3. The zero-order chi connectivity index (χ0) is 9.02.